The summed E-state index contributed by atoms with van der Waals surface area (Å²) in [5.41, 5.74) is 3.86. The first-order valence-electron chi connectivity index (χ1n) is 8.31. The van der Waals surface area contributed by atoms with Crippen molar-refractivity contribution in [2.75, 3.05) is 18.0 Å². The van der Waals surface area contributed by atoms with Crippen LogP contribution in [0.4, 0.5) is 5.69 Å². The molecular weight excluding hydrogens is 256 g/mol. The zero-order chi connectivity index (χ0) is 15.2. The molecule has 2 heteroatoms. The summed E-state index contributed by atoms with van der Waals surface area (Å²) in [6, 6.07) is 8.86. The minimum Gasteiger partial charge on any atom is -0.370 e. The van der Waals surface area contributed by atoms with E-state index in [-0.39, 0.29) is 0 Å². The highest BCUT2D eigenvalue weighted by atomic mass is 15.1. The van der Waals surface area contributed by atoms with E-state index in [1.165, 1.54) is 35.9 Å². The molecule has 2 nitrogen and oxygen atoms in total. The van der Waals surface area contributed by atoms with Gasteiger partial charge in [0.05, 0.1) is 11.2 Å². The number of fused-ring (bicyclic) bond motifs is 1. The lowest BCUT2D eigenvalue weighted by molar-refractivity contribution is 0.704. The van der Waals surface area contributed by atoms with Crippen molar-refractivity contribution in [3.63, 3.8) is 0 Å². The van der Waals surface area contributed by atoms with E-state index in [2.05, 4.69) is 55.8 Å². The fourth-order valence-corrected chi connectivity index (χ4v) is 2.74. The van der Waals surface area contributed by atoms with Crippen LogP contribution in [-0.2, 0) is 0 Å². The predicted molar refractivity (Wildman–Crippen MR) is 93.2 cm³/mol. The fourth-order valence-electron chi connectivity index (χ4n) is 2.74. The van der Waals surface area contributed by atoms with Crippen LogP contribution in [0.15, 0.2) is 30.5 Å². The summed E-state index contributed by atoms with van der Waals surface area (Å²) in [5.74, 6) is 0.544. The van der Waals surface area contributed by atoms with Crippen molar-refractivity contribution in [2.45, 2.75) is 52.9 Å². The van der Waals surface area contributed by atoms with Crippen molar-refractivity contribution < 1.29 is 0 Å². The first-order chi connectivity index (χ1) is 10.2. The number of unbranched alkanes of at least 4 members (excludes halogenated alkanes) is 1. The van der Waals surface area contributed by atoms with Crippen LogP contribution < -0.4 is 4.90 Å². The maximum atomic E-state index is 4.65. The Kier molecular flexibility index (Phi) is 5.60. The van der Waals surface area contributed by atoms with Crippen LogP contribution in [0.1, 0.15) is 58.4 Å². The highest BCUT2D eigenvalue weighted by molar-refractivity contribution is 5.91. The summed E-state index contributed by atoms with van der Waals surface area (Å²) in [6.45, 7) is 11.3. The Morgan fingerprint density at radius 1 is 1.10 bits per heavy atom. The summed E-state index contributed by atoms with van der Waals surface area (Å²) in [7, 11) is 0. The van der Waals surface area contributed by atoms with E-state index in [1.807, 2.05) is 12.3 Å². The summed E-state index contributed by atoms with van der Waals surface area (Å²) in [6.07, 6.45) is 5.55. The number of rotatable bonds is 7. The molecule has 0 bridgehead atoms. The Hall–Kier alpha value is -1.57. The SMILES string of the molecule is CCCCN(CCC)c1cc(C(C)C)cc2cccnc12. The van der Waals surface area contributed by atoms with Crippen molar-refractivity contribution in [2.24, 2.45) is 0 Å². The quantitative estimate of drug-likeness (QED) is 0.679. The lowest BCUT2D eigenvalue weighted by Gasteiger charge is -2.26. The van der Waals surface area contributed by atoms with Gasteiger partial charge in [-0.2, -0.15) is 0 Å². The second-order valence-electron chi connectivity index (χ2n) is 6.11. The summed E-state index contributed by atoms with van der Waals surface area (Å²) in [5, 5.41) is 1.26. The van der Waals surface area contributed by atoms with E-state index in [4.69, 9.17) is 0 Å². The van der Waals surface area contributed by atoms with Gasteiger partial charge in [-0.25, -0.2) is 0 Å². The second-order valence-corrected chi connectivity index (χ2v) is 6.11. The van der Waals surface area contributed by atoms with Gasteiger partial charge < -0.3 is 4.90 Å². The number of nitrogens with zero attached hydrogens (tertiary/aromatic N) is 2. The van der Waals surface area contributed by atoms with Gasteiger partial charge in [-0.1, -0.05) is 40.2 Å². The Morgan fingerprint density at radius 3 is 2.57 bits per heavy atom. The van der Waals surface area contributed by atoms with Crippen LogP contribution >= 0.6 is 0 Å². The van der Waals surface area contributed by atoms with Crippen molar-refractivity contribution in [3.8, 4) is 0 Å². The van der Waals surface area contributed by atoms with Gasteiger partial charge in [-0.15, -0.1) is 0 Å². The number of hydrogen-bond acceptors (Lipinski definition) is 2. The summed E-state index contributed by atoms with van der Waals surface area (Å²) < 4.78 is 0. The molecule has 0 saturated carbocycles. The molecule has 0 aliphatic carbocycles. The van der Waals surface area contributed by atoms with Gasteiger partial charge in [0.25, 0.3) is 0 Å². The van der Waals surface area contributed by atoms with E-state index < -0.39 is 0 Å². The highest BCUT2D eigenvalue weighted by Crippen LogP contribution is 2.30. The van der Waals surface area contributed by atoms with Crippen LogP contribution in [0.5, 0.6) is 0 Å². The van der Waals surface area contributed by atoms with Crippen LogP contribution in [-0.4, -0.2) is 18.1 Å². The van der Waals surface area contributed by atoms with E-state index in [0.717, 1.165) is 18.6 Å². The molecule has 0 fully saturated rings. The maximum Gasteiger partial charge on any atom is 0.0935 e. The minimum atomic E-state index is 0.544. The molecule has 0 atom stereocenters. The predicted octanol–water partition coefficient (Wildman–Crippen LogP) is 5.37. The number of pyridine rings is 1. The molecule has 0 unspecified atom stereocenters. The number of aromatic nitrogens is 1. The third kappa shape index (κ3) is 3.75. The normalized spacial score (nSPS) is 11.3. The van der Waals surface area contributed by atoms with Crippen LogP contribution in [0, 0.1) is 0 Å². The number of benzene rings is 1. The maximum absolute atomic E-state index is 4.65. The molecule has 0 aliphatic heterocycles. The van der Waals surface area contributed by atoms with Crippen LogP contribution in [0.25, 0.3) is 10.9 Å². The van der Waals surface area contributed by atoms with Crippen molar-refractivity contribution >= 4 is 16.6 Å². The van der Waals surface area contributed by atoms with E-state index in [1.54, 1.807) is 0 Å². The molecule has 21 heavy (non-hydrogen) atoms. The van der Waals surface area contributed by atoms with Crippen molar-refractivity contribution in [1.29, 1.82) is 0 Å². The lowest BCUT2D eigenvalue weighted by Crippen LogP contribution is -2.25. The average molecular weight is 284 g/mol. The van der Waals surface area contributed by atoms with E-state index in [9.17, 15) is 0 Å². The van der Waals surface area contributed by atoms with Gasteiger partial charge in [-0.05, 0) is 42.5 Å². The Balaban J connectivity index is 2.51. The molecule has 0 saturated heterocycles. The molecule has 0 N–H and O–H groups in total. The van der Waals surface area contributed by atoms with Crippen LogP contribution in [0.2, 0.25) is 0 Å². The molecule has 0 radical (unpaired) electrons. The monoisotopic (exact) mass is 284 g/mol. The molecule has 0 aliphatic rings. The Labute approximate surface area is 129 Å². The third-order valence-electron chi connectivity index (χ3n) is 3.99. The highest BCUT2D eigenvalue weighted by Gasteiger charge is 2.13. The number of hydrogen-bond donors (Lipinski definition) is 0. The Bertz CT molecular complexity index is 575. The number of anilines is 1. The van der Waals surface area contributed by atoms with Gasteiger partial charge in [-0.3, -0.25) is 4.98 Å². The van der Waals surface area contributed by atoms with E-state index >= 15 is 0 Å². The zero-order valence-electron chi connectivity index (χ0n) is 13.9. The van der Waals surface area contributed by atoms with Gasteiger partial charge in [0.1, 0.15) is 0 Å². The largest absolute Gasteiger partial charge is 0.370 e. The third-order valence-corrected chi connectivity index (χ3v) is 3.99. The van der Waals surface area contributed by atoms with Gasteiger partial charge in [0.2, 0.25) is 0 Å². The summed E-state index contributed by atoms with van der Waals surface area (Å²) in [4.78, 5) is 7.17. The molecule has 1 aromatic carbocycles. The molecular formula is C19H28N2. The molecule has 1 aromatic heterocycles. The van der Waals surface area contributed by atoms with Gasteiger partial charge >= 0.3 is 0 Å². The average Bonchev–Trinajstić information content (AvgIpc) is 2.50. The molecule has 2 rings (SSSR count). The molecule has 114 valence electrons. The standard InChI is InChI=1S/C19H28N2/c1-5-7-12-21(11-6-2)18-14-17(15(3)4)13-16-9-8-10-20-19(16)18/h8-10,13-15H,5-7,11-12H2,1-4H3. The first-order valence-corrected chi connectivity index (χ1v) is 8.31. The lowest BCUT2D eigenvalue weighted by atomic mass is 9.99. The van der Waals surface area contributed by atoms with Crippen molar-refractivity contribution in [1.82, 2.24) is 4.98 Å². The topological polar surface area (TPSA) is 16.1 Å². The molecule has 0 spiro atoms. The molecule has 0 amide bonds. The van der Waals surface area contributed by atoms with Crippen molar-refractivity contribution in [3.05, 3.63) is 36.0 Å². The zero-order valence-corrected chi connectivity index (χ0v) is 13.9. The van der Waals surface area contributed by atoms with Crippen LogP contribution in [0.3, 0.4) is 0 Å². The van der Waals surface area contributed by atoms with Gasteiger partial charge in [0.15, 0.2) is 0 Å². The molecule has 2 aromatic rings. The minimum absolute atomic E-state index is 0.544. The Morgan fingerprint density at radius 2 is 1.90 bits per heavy atom. The second kappa shape index (κ2) is 7.44. The first kappa shape index (κ1) is 15.8. The summed E-state index contributed by atoms with van der Waals surface area (Å²) >= 11 is 0. The fraction of sp³-hybridized carbons (Fsp3) is 0.526. The van der Waals surface area contributed by atoms with Gasteiger partial charge in [0, 0.05) is 24.7 Å². The smallest absolute Gasteiger partial charge is 0.0935 e. The van der Waals surface area contributed by atoms with E-state index in [0.29, 0.717) is 5.92 Å². The molecule has 1 heterocycles.